The van der Waals surface area contributed by atoms with E-state index in [4.69, 9.17) is 9.47 Å². The minimum Gasteiger partial charge on any atom is -0.463 e. The number of hydrogen-bond donors (Lipinski definition) is 0. The maximum Gasteiger partial charge on any atom is 0.308 e. The molecule has 1 rings (SSSR count). The van der Waals surface area contributed by atoms with Crippen LogP contribution in [-0.2, 0) is 14.3 Å². The van der Waals surface area contributed by atoms with E-state index in [-0.39, 0.29) is 18.0 Å². The van der Waals surface area contributed by atoms with E-state index in [9.17, 15) is 4.79 Å². The lowest BCUT2D eigenvalue weighted by Gasteiger charge is -2.26. The Kier molecular flexibility index (Phi) is 3.53. The number of hydrogen-bond acceptors (Lipinski definition) is 3. The molecule has 0 N–H and O–H groups in total. The first-order valence-electron chi connectivity index (χ1n) is 4.52. The standard InChI is InChI=1S/C9H16O3/c1-3-7(2)9(10)12-6-8-4-5-11-8/h7-8H,3-6H2,1-2H3. The molecule has 0 saturated carbocycles. The zero-order valence-electron chi connectivity index (χ0n) is 7.71. The fourth-order valence-electron chi connectivity index (χ4n) is 0.900. The summed E-state index contributed by atoms with van der Waals surface area (Å²) in [5.41, 5.74) is 0. The number of carbonyl (C=O) groups excluding carboxylic acids is 1. The van der Waals surface area contributed by atoms with Crippen molar-refractivity contribution >= 4 is 5.97 Å². The van der Waals surface area contributed by atoms with Crippen molar-refractivity contribution in [2.45, 2.75) is 32.8 Å². The molecule has 0 aromatic rings. The van der Waals surface area contributed by atoms with Gasteiger partial charge in [0.25, 0.3) is 0 Å². The second kappa shape index (κ2) is 4.45. The van der Waals surface area contributed by atoms with E-state index in [1.807, 2.05) is 13.8 Å². The summed E-state index contributed by atoms with van der Waals surface area (Å²) < 4.78 is 10.2. The molecule has 2 unspecified atom stereocenters. The average Bonchev–Trinajstić information content (AvgIpc) is 2.00. The number of esters is 1. The molecule has 1 aliphatic rings. The maximum absolute atomic E-state index is 11.1. The van der Waals surface area contributed by atoms with E-state index in [2.05, 4.69) is 0 Å². The lowest BCUT2D eigenvalue weighted by atomic mass is 10.1. The molecular formula is C9H16O3. The maximum atomic E-state index is 11.1. The van der Waals surface area contributed by atoms with E-state index >= 15 is 0 Å². The highest BCUT2D eigenvalue weighted by Crippen LogP contribution is 2.12. The van der Waals surface area contributed by atoms with E-state index in [1.165, 1.54) is 0 Å². The van der Waals surface area contributed by atoms with Gasteiger partial charge in [0.1, 0.15) is 6.61 Å². The molecule has 0 spiro atoms. The van der Waals surface area contributed by atoms with Gasteiger partial charge in [0.2, 0.25) is 0 Å². The fraction of sp³-hybridized carbons (Fsp3) is 0.889. The summed E-state index contributed by atoms with van der Waals surface area (Å²) >= 11 is 0. The Morgan fingerprint density at radius 1 is 1.75 bits per heavy atom. The smallest absolute Gasteiger partial charge is 0.308 e. The third-order valence-electron chi connectivity index (χ3n) is 2.22. The van der Waals surface area contributed by atoms with Gasteiger partial charge in [-0.25, -0.2) is 0 Å². The molecule has 2 atom stereocenters. The molecule has 1 fully saturated rings. The van der Waals surface area contributed by atoms with Gasteiger partial charge in [0.05, 0.1) is 12.0 Å². The molecule has 1 aliphatic heterocycles. The van der Waals surface area contributed by atoms with Crippen LogP contribution in [0.2, 0.25) is 0 Å². The van der Waals surface area contributed by atoms with Gasteiger partial charge < -0.3 is 9.47 Å². The van der Waals surface area contributed by atoms with Crippen LogP contribution in [0.25, 0.3) is 0 Å². The molecule has 70 valence electrons. The summed E-state index contributed by atoms with van der Waals surface area (Å²) in [5.74, 6) is -0.0851. The van der Waals surface area contributed by atoms with Crippen LogP contribution >= 0.6 is 0 Å². The lowest BCUT2D eigenvalue weighted by Crippen LogP contribution is -2.33. The zero-order chi connectivity index (χ0) is 8.97. The summed E-state index contributed by atoms with van der Waals surface area (Å²) in [6.07, 6.45) is 2.02. The predicted octanol–water partition coefficient (Wildman–Crippen LogP) is 1.36. The molecule has 1 heterocycles. The van der Waals surface area contributed by atoms with Gasteiger partial charge in [-0.3, -0.25) is 4.79 Å². The van der Waals surface area contributed by atoms with Crippen molar-refractivity contribution in [3.63, 3.8) is 0 Å². The van der Waals surface area contributed by atoms with Crippen LogP contribution in [0.4, 0.5) is 0 Å². The molecular weight excluding hydrogens is 156 g/mol. The molecule has 3 nitrogen and oxygen atoms in total. The first-order chi connectivity index (χ1) is 5.74. The highest BCUT2D eigenvalue weighted by Gasteiger charge is 2.21. The highest BCUT2D eigenvalue weighted by atomic mass is 16.6. The van der Waals surface area contributed by atoms with Crippen LogP contribution in [0.1, 0.15) is 26.7 Å². The first-order valence-corrected chi connectivity index (χ1v) is 4.52. The third kappa shape index (κ3) is 2.48. The second-order valence-corrected chi connectivity index (χ2v) is 3.22. The minimum atomic E-state index is -0.104. The van der Waals surface area contributed by atoms with E-state index in [0.29, 0.717) is 6.61 Å². The zero-order valence-corrected chi connectivity index (χ0v) is 7.71. The summed E-state index contributed by atoms with van der Waals surface area (Å²) in [6, 6.07) is 0. The normalized spacial score (nSPS) is 24.3. The van der Waals surface area contributed by atoms with Crippen molar-refractivity contribution in [2.24, 2.45) is 5.92 Å². The number of ether oxygens (including phenoxy) is 2. The van der Waals surface area contributed by atoms with Crippen molar-refractivity contribution in [3.05, 3.63) is 0 Å². The van der Waals surface area contributed by atoms with Crippen LogP contribution in [0, 0.1) is 5.92 Å². The molecule has 0 amide bonds. The van der Waals surface area contributed by atoms with Gasteiger partial charge in [-0.1, -0.05) is 13.8 Å². The van der Waals surface area contributed by atoms with Crippen LogP contribution in [0.15, 0.2) is 0 Å². The monoisotopic (exact) mass is 172 g/mol. The van der Waals surface area contributed by atoms with Gasteiger partial charge in [-0.05, 0) is 6.42 Å². The Morgan fingerprint density at radius 3 is 2.83 bits per heavy atom. The molecule has 1 saturated heterocycles. The van der Waals surface area contributed by atoms with Crippen LogP contribution in [0.3, 0.4) is 0 Å². The highest BCUT2D eigenvalue weighted by molar-refractivity contribution is 5.71. The molecule has 12 heavy (non-hydrogen) atoms. The Labute approximate surface area is 73.0 Å². The van der Waals surface area contributed by atoms with Gasteiger partial charge >= 0.3 is 5.97 Å². The van der Waals surface area contributed by atoms with E-state index in [0.717, 1.165) is 19.4 Å². The molecule has 3 heteroatoms. The van der Waals surface area contributed by atoms with Crippen LogP contribution in [-0.4, -0.2) is 25.3 Å². The van der Waals surface area contributed by atoms with Crippen LogP contribution in [0.5, 0.6) is 0 Å². The minimum absolute atomic E-state index is 0.0186. The quantitative estimate of drug-likeness (QED) is 0.601. The largest absolute Gasteiger partial charge is 0.463 e. The summed E-state index contributed by atoms with van der Waals surface area (Å²) in [6.45, 7) is 5.10. The van der Waals surface area contributed by atoms with Crippen LogP contribution < -0.4 is 0 Å². The number of carbonyl (C=O) groups is 1. The summed E-state index contributed by atoms with van der Waals surface area (Å²) in [7, 11) is 0. The van der Waals surface area contributed by atoms with E-state index < -0.39 is 0 Å². The lowest BCUT2D eigenvalue weighted by molar-refractivity contribution is -0.158. The Hall–Kier alpha value is -0.570. The molecule has 0 bridgehead atoms. The molecule has 0 aromatic heterocycles. The van der Waals surface area contributed by atoms with Gasteiger partial charge in [0.15, 0.2) is 0 Å². The number of rotatable bonds is 4. The molecule has 0 aromatic carbocycles. The Morgan fingerprint density at radius 2 is 2.42 bits per heavy atom. The van der Waals surface area contributed by atoms with Crippen molar-refractivity contribution in [1.29, 1.82) is 0 Å². The van der Waals surface area contributed by atoms with Crippen molar-refractivity contribution in [1.82, 2.24) is 0 Å². The first kappa shape index (κ1) is 9.52. The average molecular weight is 172 g/mol. The van der Waals surface area contributed by atoms with Gasteiger partial charge in [-0.2, -0.15) is 0 Å². The summed E-state index contributed by atoms with van der Waals surface area (Å²) in [4.78, 5) is 11.1. The van der Waals surface area contributed by atoms with Crippen molar-refractivity contribution in [2.75, 3.05) is 13.2 Å². The molecule has 0 aliphatic carbocycles. The topological polar surface area (TPSA) is 35.5 Å². The second-order valence-electron chi connectivity index (χ2n) is 3.22. The van der Waals surface area contributed by atoms with Gasteiger partial charge in [0, 0.05) is 13.0 Å². The molecule has 0 radical (unpaired) electrons. The van der Waals surface area contributed by atoms with E-state index in [1.54, 1.807) is 0 Å². The summed E-state index contributed by atoms with van der Waals surface area (Å²) in [5, 5.41) is 0. The van der Waals surface area contributed by atoms with Crippen molar-refractivity contribution in [3.8, 4) is 0 Å². The fourth-order valence-corrected chi connectivity index (χ4v) is 0.900. The van der Waals surface area contributed by atoms with Crippen molar-refractivity contribution < 1.29 is 14.3 Å². The van der Waals surface area contributed by atoms with Gasteiger partial charge in [-0.15, -0.1) is 0 Å². The predicted molar refractivity (Wildman–Crippen MR) is 44.8 cm³/mol. The SMILES string of the molecule is CCC(C)C(=O)OCC1CCO1. The Bertz CT molecular complexity index is 152. The third-order valence-corrected chi connectivity index (χ3v) is 2.22. The Balaban J connectivity index is 2.08.